The molecule has 0 saturated carbocycles. The van der Waals surface area contributed by atoms with Gasteiger partial charge in [0.15, 0.2) is 19.7 Å². The molecule has 0 bridgehead atoms. The molecule has 26 heavy (non-hydrogen) atoms. The van der Waals surface area contributed by atoms with Crippen molar-refractivity contribution in [3.63, 3.8) is 0 Å². The van der Waals surface area contributed by atoms with Gasteiger partial charge in [0.2, 0.25) is 0 Å². The van der Waals surface area contributed by atoms with E-state index in [1.54, 1.807) is 41.1 Å². The Morgan fingerprint density at radius 1 is 1.19 bits per heavy atom. The van der Waals surface area contributed by atoms with Crippen LogP contribution < -0.4 is 0 Å². The highest BCUT2D eigenvalue weighted by molar-refractivity contribution is 8.03. The second-order valence-corrected chi connectivity index (χ2v) is 10.3. The van der Waals surface area contributed by atoms with E-state index in [-0.39, 0.29) is 0 Å². The van der Waals surface area contributed by atoms with Crippen molar-refractivity contribution in [2.45, 2.75) is 39.6 Å². The van der Waals surface area contributed by atoms with Crippen molar-refractivity contribution in [3.8, 4) is 11.4 Å². The van der Waals surface area contributed by atoms with Gasteiger partial charge in [0.1, 0.15) is 0 Å². The summed E-state index contributed by atoms with van der Waals surface area (Å²) in [7, 11) is 0. The SMILES string of the molecule is CCCCSc1nnc(SCC2CSc3nnc(-c4cccnc4)n32)s1. The monoisotopic (exact) mass is 422 g/mol. The average Bonchev–Trinajstić information content (AvgIpc) is 3.38. The minimum absolute atomic E-state index is 0.352. The van der Waals surface area contributed by atoms with Crippen molar-refractivity contribution in [1.29, 1.82) is 0 Å². The van der Waals surface area contributed by atoms with E-state index in [0.717, 1.165) is 42.5 Å². The van der Waals surface area contributed by atoms with Gasteiger partial charge in [-0.15, -0.1) is 20.4 Å². The molecule has 0 spiro atoms. The van der Waals surface area contributed by atoms with Gasteiger partial charge in [-0.1, -0.05) is 60.0 Å². The predicted molar refractivity (Wildman–Crippen MR) is 109 cm³/mol. The van der Waals surface area contributed by atoms with Crippen LogP contribution in [0.15, 0.2) is 38.4 Å². The fourth-order valence-corrected chi connectivity index (χ4v) is 7.06. The minimum atomic E-state index is 0.352. The van der Waals surface area contributed by atoms with Gasteiger partial charge in [-0.2, -0.15) is 0 Å². The standard InChI is InChI=1S/C16H18N6S4/c1-2-3-7-23-15-20-21-16(26-15)25-10-12-9-24-14-19-18-13(22(12)14)11-5-4-6-17-8-11/h4-6,8,12H,2-3,7,9-10H2,1H3. The smallest absolute Gasteiger partial charge is 0.191 e. The molecule has 0 aromatic carbocycles. The van der Waals surface area contributed by atoms with Crippen LogP contribution in [0, 0.1) is 0 Å². The molecule has 0 N–H and O–H groups in total. The molecule has 3 aromatic rings. The van der Waals surface area contributed by atoms with E-state index >= 15 is 0 Å². The van der Waals surface area contributed by atoms with Crippen molar-refractivity contribution >= 4 is 46.6 Å². The first-order chi connectivity index (χ1) is 12.8. The molecule has 0 aliphatic carbocycles. The van der Waals surface area contributed by atoms with Crippen LogP contribution >= 0.6 is 46.6 Å². The Morgan fingerprint density at radius 2 is 2.08 bits per heavy atom. The van der Waals surface area contributed by atoms with Gasteiger partial charge in [-0.3, -0.25) is 9.55 Å². The minimum Gasteiger partial charge on any atom is -0.297 e. The maximum Gasteiger partial charge on any atom is 0.191 e. The van der Waals surface area contributed by atoms with Gasteiger partial charge in [0.25, 0.3) is 0 Å². The van der Waals surface area contributed by atoms with Crippen LogP contribution in [0.4, 0.5) is 0 Å². The van der Waals surface area contributed by atoms with E-state index < -0.39 is 0 Å². The van der Waals surface area contributed by atoms with E-state index in [4.69, 9.17) is 0 Å². The molecule has 1 unspecified atom stereocenters. The molecule has 0 radical (unpaired) electrons. The lowest BCUT2D eigenvalue weighted by atomic mass is 10.2. The maximum atomic E-state index is 4.37. The molecular formula is C16H18N6S4. The number of unbranched alkanes of at least 4 members (excludes halogenated alkanes) is 1. The molecule has 4 heterocycles. The van der Waals surface area contributed by atoms with Crippen molar-refractivity contribution < 1.29 is 0 Å². The average molecular weight is 423 g/mol. The Labute approximate surface area is 169 Å². The largest absolute Gasteiger partial charge is 0.297 e. The van der Waals surface area contributed by atoms with Gasteiger partial charge in [0.05, 0.1) is 6.04 Å². The Balaban J connectivity index is 1.42. The second-order valence-electron chi connectivity index (χ2n) is 5.73. The van der Waals surface area contributed by atoms with Crippen LogP contribution in [0.3, 0.4) is 0 Å². The number of rotatable bonds is 8. The molecule has 6 nitrogen and oxygen atoms in total. The van der Waals surface area contributed by atoms with Gasteiger partial charge >= 0.3 is 0 Å². The van der Waals surface area contributed by atoms with Crippen molar-refractivity contribution in [2.75, 3.05) is 17.3 Å². The van der Waals surface area contributed by atoms with Crippen LogP contribution in [0.5, 0.6) is 0 Å². The highest BCUT2D eigenvalue weighted by Gasteiger charge is 2.29. The van der Waals surface area contributed by atoms with E-state index in [0.29, 0.717) is 6.04 Å². The Morgan fingerprint density at radius 3 is 2.88 bits per heavy atom. The van der Waals surface area contributed by atoms with Crippen molar-refractivity contribution in [3.05, 3.63) is 24.5 Å². The fourth-order valence-electron chi connectivity index (χ4n) is 2.55. The number of hydrogen-bond donors (Lipinski definition) is 0. The summed E-state index contributed by atoms with van der Waals surface area (Å²) in [5, 5.41) is 18.3. The summed E-state index contributed by atoms with van der Waals surface area (Å²) in [6, 6.07) is 4.31. The predicted octanol–water partition coefficient (Wildman–Crippen LogP) is 4.52. The number of aromatic nitrogens is 6. The molecular weight excluding hydrogens is 404 g/mol. The van der Waals surface area contributed by atoms with Gasteiger partial charge in [0, 0.05) is 35.2 Å². The quantitative estimate of drug-likeness (QED) is 0.387. The summed E-state index contributed by atoms with van der Waals surface area (Å²) < 4.78 is 4.35. The van der Waals surface area contributed by atoms with Gasteiger partial charge in [-0.05, 0) is 18.6 Å². The Kier molecular flexibility index (Phi) is 6.13. The molecule has 1 aliphatic heterocycles. The zero-order chi connectivity index (χ0) is 17.8. The third-order valence-electron chi connectivity index (χ3n) is 3.86. The van der Waals surface area contributed by atoms with Crippen LogP contribution in [0.1, 0.15) is 25.8 Å². The number of thioether (sulfide) groups is 3. The Hall–Kier alpha value is -1.10. The summed E-state index contributed by atoms with van der Waals surface area (Å²) in [6.45, 7) is 2.21. The molecule has 136 valence electrons. The summed E-state index contributed by atoms with van der Waals surface area (Å²) in [6.07, 6.45) is 6.06. The molecule has 1 atom stereocenters. The van der Waals surface area contributed by atoms with Crippen LogP contribution in [-0.2, 0) is 0 Å². The molecule has 0 saturated heterocycles. The molecule has 3 aromatic heterocycles. The third kappa shape index (κ3) is 4.08. The van der Waals surface area contributed by atoms with Crippen LogP contribution in [-0.4, -0.2) is 47.2 Å². The lowest BCUT2D eigenvalue weighted by Crippen LogP contribution is -2.11. The van der Waals surface area contributed by atoms with E-state index in [2.05, 4.69) is 36.9 Å². The van der Waals surface area contributed by atoms with Gasteiger partial charge < -0.3 is 0 Å². The number of fused-ring (bicyclic) bond motifs is 1. The zero-order valence-electron chi connectivity index (χ0n) is 14.2. The first-order valence-corrected chi connectivity index (χ1v) is 12.2. The molecule has 4 rings (SSSR count). The first kappa shape index (κ1) is 18.3. The van der Waals surface area contributed by atoms with E-state index in [9.17, 15) is 0 Å². The van der Waals surface area contributed by atoms with Crippen LogP contribution in [0.2, 0.25) is 0 Å². The number of pyridine rings is 1. The Bertz CT molecular complexity index is 850. The zero-order valence-corrected chi connectivity index (χ0v) is 17.5. The van der Waals surface area contributed by atoms with Gasteiger partial charge in [-0.25, -0.2) is 0 Å². The maximum absolute atomic E-state index is 4.37. The summed E-state index contributed by atoms with van der Waals surface area (Å²) in [5.74, 6) is 3.98. The first-order valence-electron chi connectivity index (χ1n) is 8.42. The molecule has 1 aliphatic rings. The molecule has 0 amide bonds. The summed E-state index contributed by atoms with van der Waals surface area (Å²) in [4.78, 5) is 4.21. The lowest BCUT2D eigenvalue weighted by Gasteiger charge is -2.13. The second kappa shape index (κ2) is 8.73. The molecule has 10 heteroatoms. The highest BCUT2D eigenvalue weighted by atomic mass is 32.2. The fraction of sp³-hybridized carbons (Fsp3) is 0.438. The number of hydrogen-bond acceptors (Lipinski definition) is 9. The lowest BCUT2D eigenvalue weighted by molar-refractivity contribution is 0.597. The summed E-state index contributed by atoms with van der Waals surface area (Å²) in [5.41, 5.74) is 1.01. The third-order valence-corrected chi connectivity index (χ3v) is 8.37. The normalized spacial score (nSPS) is 16.1. The van der Waals surface area contributed by atoms with Crippen LogP contribution in [0.25, 0.3) is 11.4 Å². The topological polar surface area (TPSA) is 69.4 Å². The van der Waals surface area contributed by atoms with E-state index in [1.807, 2.05) is 30.1 Å². The number of nitrogens with zero attached hydrogens (tertiary/aromatic N) is 6. The van der Waals surface area contributed by atoms with Crippen molar-refractivity contribution in [2.24, 2.45) is 0 Å². The van der Waals surface area contributed by atoms with Crippen molar-refractivity contribution in [1.82, 2.24) is 29.9 Å². The summed E-state index contributed by atoms with van der Waals surface area (Å²) >= 11 is 7.05. The molecule has 0 fully saturated rings. The highest BCUT2D eigenvalue weighted by Crippen LogP contribution is 2.39. The van der Waals surface area contributed by atoms with E-state index in [1.165, 1.54) is 12.8 Å².